The van der Waals surface area contributed by atoms with Crippen molar-refractivity contribution >= 4 is 23.2 Å². The second kappa shape index (κ2) is 6.06. The fraction of sp³-hybridized carbons (Fsp3) is 0.188. The number of rotatable bonds is 4. The van der Waals surface area contributed by atoms with Crippen molar-refractivity contribution in [3.63, 3.8) is 0 Å². The lowest BCUT2D eigenvalue weighted by Gasteiger charge is -2.11. The summed E-state index contributed by atoms with van der Waals surface area (Å²) in [5.41, 5.74) is 9.03. The highest BCUT2D eigenvalue weighted by molar-refractivity contribution is 6.33. The first kappa shape index (κ1) is 15.2. The van der Waals surface area contributed by atoms with Gasteiger partial charge < -0.3 is 16.2 Å². The standard InChI is InChI=1S/C16H17ClN2O2/c1-9-5-11(6-10(2)15(9)20)8-19-12-3-4-14(17)13(7-12)16(18)21/h3-7,19-20H,8H2,1-2H3,(H2,18,21). The van der Waals surface area contributed by atoms with Crippen LogP contribution in [-0.2, 0) is 6.54 Å². The molecule has 0 aromatic heterocycles. The molecule has 0 saturated carbocycles. The Hall–Kier alpha value is -2.20. The molecule has 4 nitrogen and oxygen atoms in total. The predicted molar refractivity (Wildman–Crippen MR) is 84.9 cm³/mol. The topological polar surface area (TPSA) is 75.3 Å². The molecule has 0 spiro atoms. The maximum atomic E-state index is 11.3. The molecule has 21 heavy (non-hydrogen) atoms. The van der Waals surface area contributed by atoms with Crippen LogP contribution in [0.2, 0.25) is 5.02 Å². The van der Waals surface area contributed by atoms with Gasteiger partial charge in [-0.05, 0) is 48.7 Å². The molecule has 0 bridgehead atoms. The first-order valence-corrected chi connectivity index (χ1v) is 6.88. The average molecular weight is 305 g/mol. The summed E-state index contributed by atoms with van der Waals surface area (Å²) in [6.07, 6.45) is 0. The fourth-order valence-corrected chi connectivity index (χ4v) is 2.39. The second-order valence-electron chi connectivity index (χ2n) is 4.99. The number of hydrogen-bond acceptors (Lipinski definition) is 3. The molecule has 110 valence electrons. The number of benzene rings is 2. The molecular formula is C16H17ClN2O2. The van der Waals surface area contributed by atoms with Crippen LogP contribution in [0.5, 0.6) is 5.75 Å². The van der Waals surface area contributed by atoms with Gasteiger partial charge in [0.15, 0.2) is 0 Å². The Labute approximate surface area is 128 Å². The number of carbonyl (C=O) groups is 1. The molecule has 0 fully saturated rings. The van der Waals surface area contributed by atoms with E-state index in [9.17, 15) is 9.90 Å². The molecule has 1 amide bonds. The Morgan fingerprint density at radius 2 is 1.86 bits per heavy atom. The van der Waals surface area contributed by atoms with Crippen molar-refractivity contribution in [3.05, 3.63) is 57.6 Å². The van der Waals surface area contributed by atoms with E-state index in [4.69, 9.17) is 17.3 Å². The summed E-state index contributed by atoms with van der Waals surface area (Å²) in [6, 6.07) is 8.89. The maximum absolute atomic E-state index is 11.3. The van der Waals surface area contributed by atoms with Gasteiger partial charge in [-0.1, -0.05) is 23.7 Å². The third kappa shape index (κ3) is 3.47. The van der Waals surface area contributed by atoms with E-state index >= 15 is 0 Å². The SMILES string of the molecule is Cc1cc(CNc2ccc(Cl)c(C(N)=O)c2)cc(C)c1O. The minimum atomic E-state index is -0.556. The number of aryl methyl sites for hydroxylation is 2. The van der Waals surface area contributed by atoms with Crippen LogP contribution in [0.25, 0.3) is 0 Å². The van der Waals surface area contributed by atoms with E-state index in [2.05, 4.69) is 5.32 Å². The highest BCUT2D eigenvalue weighted by Crippen LogP contribution is 2.24. The second-order valence-corrected chi connectivity index (χ2v) is 5.40. The quantitative estimate of drug-likeness (QED) is 0.810. The minimum absolute atomic E-state index is 0.291. The molecule has 0 aliphatic heterocycles. The Morgan fingerprint density at radius 3 is 2.43 bits per heavy atom. The number of halogens is 1. The number of phenols is 1. The van der Waals surface area contributed by atoms with E-state index in [0.29, 0.717) is 22.9 Å². The monoisotopic (exact) mass is 304 g/mol. The maximum Gasteiger partial charge on any atom is 0.250 e. The Bertz CT molecular complexity index is 676. The van der Waals surface area contributed by atoms with Crippen LogP contribution in [0.4, 0.5) is 5.69 Å². The lowest BCUT2D eigenvalue weighted by atomic mass is 10.1. The van der Waals surface area contributed by atoms with Gasteiger partial charge in [-0.25, -0.2) is 0 Å². The molecule has 0 aliphatic rings. The number of amides is 1. The average Bonchev–Trinajstić information content (AvgIpc) is 2.43. The van der Waals surface area contributed by atoms with E-state index in [1.165, 1.54) is 0 Å². The van der Waals surface area contributed by atoms with Crippen molar-refractivity contribution in [1.29, 1.82) is 0 Å². The number of nitrogens with two attached hydrogens (primary N) is 1. The Balaban J connectivity index is 2.17. The number of phenolic OH excluding ortho intramolecular Hbond substituents is 1. The number of anilines is 1. The smallest absolute Gasteiger partial charge is 0.250 e. The van der Waals surface area contributed by atoms with Crippen LogP contribution in [-0.4, -0.2) is 11.0 Å². The van der Waals surface area contributed by atoms with Crippen LogP contribution >= 0.6 is 11.6 Å². The molecular weight excluding hydrogens is 288 g/mol. The zero-order valence-corrected chi connectivity index (χ0v) is 12.7. The zero-order chi connectivity index (χ0) is 15.6. The molecule has 5 heteroatoms. The predicted octanol–water partition coefficient (Wildman–Crippen LogP) is 3.37. The van der Waals surface area contributed by atoms with Crippen LogP contribution in [0.1, 0.15) is 27.0 Å². The molecule has 0 radical (unpaired) electrons. The zero-order valence-electron chi connectivity index (χ0n) is 11.9. The molecule has 2 aromatic carbocycles. The Kier molecular flexibility index (Phi) is 4.38. The molecule has 2 aromatic rings. The molecule has 0 heterocycles. The van der Waals surface area contributed by atoms with Crippen molar-refractivity contribution in [3.8, 4) is 5.75 Å². The largest absolute Gasteiger partial charge is 0.507 e. The van der Waals surface area contributed by atoms with Gasteiger partial charge in [0.1, 0.15) is 5.75 Å². The molecule has 0 aliphatic carbocycles. The summed E-state index contributed by atoms with van der Waals surface area (Å²) in [4.78, 5) is 11.3. The summed E-state index contributed by atoms with van der Waals surface area (Å²) >= 11 is 5.91. The summed E-state index contributed by atoms with van der Waals surface area (Å²) in [7, 11) is 0. The van der Waals surface area contributed by atoms with E-state index in [0.717, 1.165) is 22.4 Å². The van der Waals surface area contributed by atoms with Crippen molar-refractivity contribution in [2.45, 2.75) is 20.4 Å². The van der Waals surface area contributed by atoms with E-state index < -0.39 is 5.91 Å². The summed E-state index contributed by atoms with van der Waals surface area (Å²) in [6.45, 7) is 4.29. The third-order valence-electron chi connectivity index (χ3n) is 3.28. The number of aromatic hydroxyl groups is 1. The molecule has 2 rings (SSSR count). The van der Waals surface area contributed by atoms with E-state index in [1.54, 1.807) is 18.2 Å². The summed E-state index contributed by atoms with van der Waals surface area (Å²) in [5, 5.41) is 13.3. The third-order valence-corrected chi connectivity index (χ3v) is 3.61. The van der Waals surface area contributed by atoms with Gasteiger partial charge in [0, 0.05) is 12.2 Å². The van der Waals surface area contributed by atoms with Gasteiger partial charge in [-0.3, -0.25) is 4.79 Å². The molecule has 0 atom stereocenters. The minimum Gasteiger partial charge on any atom is -0.507 e. The van der Waals surface area contributed by atoms with E-state index in [-0.39, 0.29) is 0 Å². The summed E-state index contributed by atoms with van der Waals surface area (Å²) < 4.78 is 0. The van der Waals surface area contributed by atoms with Crippen LogP contribution in [0, 0.1) is 13.8 Å². The van der Waals surface area contributed by atoms with Crippen LogP contribution in [0.15, 0.2) is 30.3 Å². The van der Waals surface area contributed by atoms with Gasteiger partial charge in [0.25, 0.3) is 0 Å². The van der Waals surface area contributed by atoms with Crippen molar-refractivity contribution in [1.82, 2.24) is 0 Å². The number of nitrogens with one attached hydrogen (secondary N) is 1. The number of carbonyl (C=O) groups excluding carboxylic acids is 1. The van der Waals surface area contributed by atoms with Gasteiger partial charge in [-0.2, -0.15) is 0 Å². The van der Waals surface area contributed by atoms with Gasteiger partial charge in [-0.15, -0.1) is 0 Å². The van der Waals surface area contributed by atoms with Crippen molar-refractivity contribution < 1.29 is 9.90 Å². The first-order chi connectivity index (χ1) is 9.88. The summed E-state index contributed by atoms with van der Waals surface area (Å²) in [5.74, 6) is -0.235. The van der Waals surface area contributed by atoms with Crippen molar-refractivity contribution in [2.24, 2.45) is 5.73 Å². The Morgan fingerprint density at radius 1 is 1.24 bits per heavy atom. The highest BCUT2D eigenvalue weighted by Gasteiger charge is 2.08. The van der Waals surface area contributed by atoms with Gasteiger partial charge in [0.05, 0.1) is 10.6 Å². The number of hydrogen-bond donors (Lipinski definition) is 3. The molecule has 0 unspecified atom stereocenters. The van der Waals surface area contributed by atoms with Crippen LogP contribution in [0.3, 0.4) is 0 Å². The molecule has 4 N–H and O–H groups in total. The fourth-order valence-electron chi connectivity index (χ4n) is 2.18. The lowest BCUT2D eigenvalue weighted by molar-refractivity contribution is 0.100. The highest BCUT2D eigenvalue weighted by atomic mass is 35.5. The van der Waals surface area contributed by atoms with Crippen molar-refractivity contribution in [2.75, 3.05) is 5.32 Å². The number of primary amides is 1. The lowest BCUT2D eigenvalue weighted by Crippen LogP contribution is -2.12. The van der Waals surface area contributed by atoms with E-state index in [1.807, 2.05) is 26.0 Å². The van der Waals surface area contributed by atoms with Gasteiger partial charge >= 0.3 is 0 Å². The first-order valence-electron chi connectivity index (χ1n) is 6.51. The van der Waals surface area contributed by atoms with Crippen LogP contribution < -0.4 is 11.1 Å². The van der Waals surface area contributed by atoms with Gasteiger partial charge in [0.2, 0.25) is 5.91 Å². The normalized spacial score (nSPS) is 10.4. The molecule has 0 saturated heterocycles.